The van der Waals surface area contributed by atoms with Crippen molar-refractivity contribution in [1.82, 2.24) is 20.2 Å². The van der Waals surface area contributed by atoms with Gasteiger partial charge >= 0.3 is 0 Å². The molecule has 2 aromatic heterocycles. The first-order valence-corrected chi connectivity index (χ1v) is 8.53. The minimum Gasteiger partial charge on any atom is -0.495 e. The van der Waals surface area contributed by atoms with Crippen molar-refractivity contribution in [2.45, 2.75) is 25.8 Å². The predicted molar refractivity (Wildman–Crippen MR) is 98.4 cm³/mol. The first-order valence-electron chi connectivity index (χ1n) is 8.53. The molecule has 2 N–H and O–H groups in total. The molecule has 0 saturated carbocycles. The number of H-pyrrole nitrogens is 1. The molecule has 0 radical (unpaired) electrons. The van der Waals surface area contributed by atoms with Gasteiger partial charge in [-0.25, -0.2) is 9.97 Å². The number of hydrogen-bond acceptors (Lipinski definition) is 6. The third-order valence-electron chi connectivity index (χ3n) is 4.67. The molecular weight excluding hydrogens is 332 g/mol. The third-order valence-corrected chi connectivity index (χ3v) is 4.67. The molecule has 1 aliphatic heterocycles. The molecule has 1 amide bonds. The van der Waals surface area contributed by atoms with E-state index in [0.717, 1.165) is 36.2 Å². The van der Waals surface area contributed by atoms with Crippen LogP contribution >= 0.6 is 0 Å². The first-order chi connectivity index (χ1) is 12.7. The normalized spacial score (nSPS) is 16.8. The van der Waals surface area contributed by atoms with Crippen LogP contribution in [0.4, 0.5) is 11.5 Å². The van der Waals surface area contributed by atoms with E-state index in [1.54, 1.807) is 13.3 Å². The summed E-state index contributed by atoms with van der Waals surface area (Å²) in [5.74, 6) is 1.31. The van der Waals surface area contributed by atoms with Crippen molar-refractivity contribution in [3.63, 3.8) is 0 Å². The Bertz CT molecular complexity index is 954. The Kier molecular flexibility index (Phi) is 4.16. The Labute approximate surface area is 150 Å². The smallest absolute Gasteiger partial charge is 0.247 e. The van der Waals surface area contributed by atoms with Gasteiger partial charge in [0.15, 0.2) is 5.65 Å². The topological polar surface area (TPSA) is 96.0 Å². The molecule has 8 heteroatoms. The molecule has 3 aromatic rings. The summed E-state index contributed by atoms with van der Waals surface area (Å²) in [4.78, 5) is 23.6. The summed E-state index contributed by atoms with van der Waals surface area (Å²) in [6.07, 6.45) is 4.88. The molecule has 1 fully saturated rings. The molecule has 1 atom stereocenters. The van der Waals surface area contributed by atoms with Crippen LogP contribution in [0.5, 0.6) is 5.75 Å². The van der Waals surface area contributed by atoms with E-state index in [2.05, 4.69) is 25.5 Å². The number of benzene rings is 1. The standard InChI is InChI=1S/C18H20N6O2/c1-11-5-6-15(26-2)13(8-11)22-18(25)14-4-3-7-24(14)17-12-9-21-23-16(12)19-10-20-17/h5-6,8-10,14H,3-4,7H2,1-2H3,(H,22,25)(H,19,20,21,23). The van der Waals surface area contributed by atoms with Crippen molar-refractivity contribution >= 4 is 28.4 Å². The van der Waals surface area contributed by atoms with Gasteiger partial charge in [-0.05, 0) is 37.5 Å². The van der Waals surface area contributed by atoms with E-state index in [-0.39, 0.29) is 11.9 Å². The number of fused-ring (bicyclic) bond motifs is 1. The number of nitrogens with one attached hydrogen (secondary N) is 2. The molecule has 4 rings (SSSR count). The maximum Gasteiger partial charge on any atom is 0.247 e. The zero-order valence-corrected chi connectivity index (χ0v) is 14.7. The largest absolute Gasteiger partial charge is 0.495 e. The average Bonchev–Trinajstić information content (AvgIpc) is 3.31. The fourth-order valence-electron chi connectivity index (χ4n) is 3.41. The summed E-state index contributed by atoms with van der Waals surface area (Å²) in [6, 6.07) is 5.42. The molecule has 1 unspecified atom stereocenters. The number of aromatic amines is 1. The van der Waals surface area contributed by atoms with E-state index in [4.69, 9.17) is 4.74 Å². The Hall–Kier alpha value is -3.16. The summed E-state index contributed by atoms with van der Waals surface area (Å²) < 4.78 is 5.36. The number of carbonyl (C=O) groups is 1. The fourth-order valence-corrected chi connectivity index (χ4v) is 3.41. The number of aromatic nitrogens is 4. The van der Waals surface area contributed by atoms with Gasteiger partial charge in [0, 0.05) is 6.54 Å². The molecule has 0 bridgehead atoms. The van der Waals surface area contributed by atoms with Gasteiger partial charge in [0.2, 0.25) is 5.91 Å². The highest BCUT2D eigenvalue weighted by Gasteiger charge is 2.33. The van der Waals surface area contributed by atoms with Crippen molar-refractivity contribution in [2.24, 2.45) is 0 Å². The molecule has 1 aromatic carbocycles. The van der Waals surface area contributed by atoms with Gasteiger partial charge in [0.25, 0.3) is 0 Å². The molecule has 0 spiro atoms. The van der Waals surface area contributed by atoms with Crippen LogP contribution in [0.2, 0.25) is 0 Å². The minimum absolute atomic E-state index is 0.0679. The fraction of sp³-hybridized carbons (Fsp3) is 0.333. The van der Waals surface area contributed by atoms with E-state index in [1.807, 2.05) is 30.0 Å². The summed E-state index contributed by atoms with van der Waals surface area (Å²) in [7, 11) is 1.60. The highest BCUT2D eigenvalue weighted by Crippen LogP contribution is 2.31. The number of amides is 1. The molecule has 1 aliphatic rings. The highest BCUT2D eigenvalue weighted by atomic mass is 16.5. The lowest BCUT2D eigenvalue weighted by Gasteiger charge is -2.25. The molecule has 0 aliphatic carbocycles. The molecule has 3 heterocycles. The van der Waals surface area contributed by atoms with Crippen LogP contribution in [-0.4, -0.2) is 45.8 Å². The number of rotatable bonds is 4. The lowest BCUT2D eigenvalue weighted by Crippen LogP contribution is -2.40. The van der Waals surface area contributed by atoms with E-state index in [9.17, 15) is 4.79 Å². The number of aryl methyl sites for hydroxylation is 1. The third kappa shape index (κ3) is 2.83. The van der Waals surface area contributed by atoms with Crippen LogP contribution in [-0.2, 0) is 4.79 Å². The predicted octanol–water partition coefficient (Wildman–Crippen LogP) is 2.28. The van der Waals surface area contributed by atoms with Gasteiger partial charge in [-0.2, -0.15) is 5.10 Å². The quantitative estimate of drug-likeness (QED) is 0.748. The maximum absolute atomic E-state index is 13.0. The maximum atomic E-state index is 13.0. The molecule has 1 saturated heterocycles. The SMILES string of the molecule is COc1ccc(C)cc1NC(=O)C1CCCN1c1ncnc2[nH]ncc12. The van der Waals surface area contributed by atoms with Crippen LogP contribution < -0.4 is 15.0 Å². The van der Waals surface area contributed by atoms with Crippen LogP contribution in [0.25, 0.3) is 11.0 Å². The zero-order valence-electron chi connectivity index (χ0n) is 14.7. The number of nitrogens with zero attached hydrogens (tertiary/aromatic N) is 4. The number of carbonyl (C=O) groups excluding carboxylic acids is 1. The van der Waals surface area contributed by atoms with Crippen LogP contribution in [0, 0.1) is 6.92 Å². The Morgan fingerprint density at radius 2 is 2.27 bits per heavy atom. The van der Waals surface area contributed by atoms with E-state index in [1.165, 1.54) is 6.33 Å². The van der Waals surface area contributed by atoms with Crippen molar-refractivity contribution in [1.29, 1.82) is 0 Å². The Morgan fingerprint density at radius 1 is 1.38 bits per heavy atom. The summed E-state index contributed by atoms with van der Waals surface area (Å²) >= 11 is 0. The lowest BCUT2D eigenvalue weighted by molar-refractivity contribution is -0.117. The second-order valence-corrected chi connectivity index (χ2v) is 6.37. The molecule has 8 nitrogen and oxygen atoms in total. The summed E-state index contributed by atoms with van der Waals surface area (Å²) in [5.41, 5.74) is 2.40. The van der Waals surface area contributed by atoms with E-state index >= 15 is 0 Å². The number of anilines is 2. The monoisotopic (exact) mass is 352 g/mol. The van der Waals surface area contributed by atoms with Gasteiger partial charge in [-0.3, -0.25) is 9.89 Å². The van der Waals surface area contributed by atoms with E-state index in [0.29, 0.717) is 17.1 Å². The number of ether oxygens (including phenoxy) is 1. The molecule has 134 valence electrons. The number of methoxy groups -OCH3 is 1. The zero-order chi connectivity index (χ0) is 18.1. The molecular formula is C18H20N6O2. The summed E-state index contributed by atoms with van der Waals surface area (Å²) in [6.45, 7) is 2.74. The van der Waals surface area contributed by atoms with Gasteiger partial charge in [-0.1, -0.05) is 6.07 Å². The molecule has 26 heavy (non-hydrogen) atoms. The van der Waals surface area contributed by atoms with E-state index < -0.39 is 0 Å². The van der Waals surface area contributed by atoms with Crippen molar-refractivity contribution in [3.8, 4) is 5.75 Å². The van der Waals surface area contributed by atoms with Gasteiger partial charge in [0.05, 0.1) is 24.4 Å². The Balaban J connectivity index is 1.62. The van der Waals surface area contributed by atoms with Crippen molar-refractivity contribution < 1.29 is 9.53 Å². The first kappa shape index (κ1) is 16.3. The number of hydrogen-bond donors (Lipinski definition) is 2. The summed E-state index contributed by atoms with van der Waals surface area (Å²) in [5, 5.41) is 10.7. The van der Waals surface area contributed by atoms with Gasteiger partial charge < -0.3 is 15.0 Å². The highest BCUT2D eigenvalue weighted by molar-refractivity contribution is 5.99. The van der Waals surface area contributed by atoms with Gasteiger partial charge in [0.1, 0.15) is 23.9 Å². The second kappa shape index (κ2) is 6.62. The van der Waals surface area contributed by atoms with Crippen LogP contribution in [0.3, 0.4) is 0 Å². The van der Waals surface area contributed by atoms with Crippen molar-refractivity contribution in [2.75, 3.05) is 23.9 Å². The minimum atomic E-state index is -0.298. The Morgan fingerprint density at radius 3 is 3.12 bits per heavy atom. The van der Waals surface area contributed by atoms with Crippen molar-refractivity contribution in [3.05, 3.63) is 36.3 Å². The van der Waals surface area contributed by atoms with Gasteiger partial charge in [-0.15, -0.1) is 0 Å². The average molecular weight is 352 g/mol. The van der Waals surface area contributed by atoms with Crippen LogP contribution in [0.15, 0.2) is 30.7 Å². The second-order valence-electron chi connectivity index (χ2n) is 6.37. The van der Waals surface area contributed by atoms with Crippen LogP contribution in [0.1, 0.15) is 18.4 Å². The lowest BCUT2D eigenvalue weighted by atomic mass is 10.1.